The number of nitrogens with zero attached hydrogens (tertiary/aromatic N) is 5. The Morgan fingerprint density at radius 1 is 1.19 bits per heavy atom. The highest BCUT2D eigenvalue weighted by atomic mass is 16.7. The Morgan fingerprint density at radius 2 is 2.07 bits per heavy atom. The quantitative estimate of drug-likeness (QED) is 0.678. The van der Waals surface area contributed by atoms with Crippen molar-refractivity contribution >= 4 is 0 Å². The smallest absolute Gasteiger partial charge is 0.143 e. The fraction of sp³-hybridized carbons (Fsp3) is 0.350. The number of tetrazole rings is 1. The Kier molecular flexibility index (Phi) is 5.53. The SMILES string of the molecule is CON(Cc1cccc(-n2cnnn2)c1)C1CCCNC1c1ccccc1. The van der Waals surface area contributed by atoms with Crippen molar-refractivity contribution in [2.45, 2.75) is 31.5 Å². The van der Waals surface area contributed by atoms with Crippen LogP contribution < -0.4 is 5.32 Å². The van der Waals surface area contributed by atoms with Crippen LogP contribution in [0.5, 0.6) is 0 Å². The molecule has 1 saturated heterocycles. The Bertz CT molecular complexity index is 839. The molecule has 0 radical (unpaired) electrons. The maximum atomic E-state index is 5.82. The highest BCUT2D eigenvalue weighted by molar-refractivity contribution is 5.34. The van der Waals surface area contributed by atoms with Crippen LogP contribution in [0.3, 0.4) is 0 Å². The third-order valence-corrected chi connectivity index (χ3v) is 5.05. The van der Waals surface area contributed by atoms with Crippen LogP contribution in [0.4, 0.5) is 0 Å². The molecule has 2 aromatic carbocycles. The Hall–Kier alpha value is -2.61. The molecule has 4 rings (SSSR count). The zero-order valence-electron chi connectivity index (χ0n) is 15.4. The number of hydrogen-bond acceptors (Lipinski definition) is 6. The average Bonchev–Trinajstić information content (AvgIpc) is 3.28. The first-order chi connectivity index (χ1) is 13.3. The van der Waals surface area contributed by atoms with E-state index in [9.17, 15) is 0 Å². The normalized spacial score (nSPS) is 20.1. The van der Waals surface area contributed by atoms with Crippen molar-refractivity contribution in [2.24, 2.45) is 0 Å². The summed E-state index contributed by atoms with van der Waals surface area (Å²) in [6, 6.07) is 19.3. The number of nitrogens with one attached hydrogen (secondary N) is 1. The molecule has 2 atom stereocenters. The van der Waals surface area contributed by atoms with Gasteiger partial charge in [-0.05, 0) is 53.1 Å². The summed E-state index contributed by atoms with van der Waals surface area (Å²) in [6.07, 6.45) is 3.83. The number of piperidine rings is 1. The monoisotopic (exact) mass is 364 g/mol. The molecule has 7 nitrogen and oxygen atoms in total. The maximum Gasteiger partial charge on any atom is 0.143 e. The predicted octanol–water partition coefficient (Wildman–Crippen LogP) is 2.52. The minimum atomic E-state index is 0.252. The molecular formula is C20H24N6O. The zero-order chi connectivity index (χ0) is 18.5. The molecule has 7 heteroatoms. The standard InChI is InChI=1S/C20H24N6O/c1-27-26(14-16-7-5-10-18(13-16)25-15-22-23-24-25)19-11-6-12-21-20(19)17-8-3-2-4-9-17/h2-5,7-10,13,15,19-21H,6,11-12,14H2,1H3. The van der Waals surface area contributed by atoms with Gasteiger partial charge in [0, 0.05) is 6.54 Å². The molecular weight excluding hydrogens is 340 g/mol. The van der Waals surface area contributed by atoms with Gasteiger partial charge >= 0.3 is 0 Å². The van der Waals surface area contributed by atoms with Crippen LogP contribution in [-0.4, -0.2) is 45.0 Å². The van der Waals surface area contributed by atoms with Gasteiger partial charge in [-0.15, -0.1) is 5.10 Å². The Balaban J connectivity index is 1.55. The first-order valence-corrected chi connectivity index (χ1v) is 9.26. The van der Waals surface area contributed by atoms with Crippen molar-refractivity contribution in [1.82, 2.24) is 30.6 Å². The summed E-state index contributed by atoms with van der Waals surface area (Å²) < 4.78 is 1.66. The zero-order valence-corrected chi connectivity index (χ0v) is 15.4. The van der Waals surface area contributed by atoms with Crippen LogP contribution >= 0.6 is 0 Å². The number of hydroxylamine groups is 2. The highest BCUT2D eigenvalue weighted by Crippen LogP contribution is 2.29. The fourth-order valence-electron chi connectivity index (χ4n) is 3.76. The van der Waals surface area contributed by atoms with E-state index < -0.39 is 0 Å². The molecule has 1 N–H and O–H groups in total. The molecule has 2 unspecified atom stereocenters. The van der Waals surface area contributed by atoms with E-state index in [1.807, 2.05) is 12.1 Å². The van der Waals surface area contributed by atoms with E-state index in [1.165, 1.54) is 5.56 Å². The molecule has 1 fully saturated rings. The molecule has 0 spiro atoms. The average molecular weight is 364 g/mol. The Labute approximate surface area is 158 Å². The molecule has 0 bridgehead atoms. The second kappa shape index (κ2) is 8.39. The third-order valence-electron chi connectivity index (χ3n) is 5.05. The molecule has 2 heterocycles. The molecule has 1 aromatic heterocycles. The fourth-order valence-corrected chi connectivity index (χ4v) is 3.76. The van der Waals surface area contributed by atoms with E-state index in [1.54, 1.807) is 18.1 Å². The van der Waals surface area contributed by atoms with Gasteiger partial charge in [-0.25, -0.2) is 4.68 Å². The van der Waals surface area contributed by atoms with E-state index in [4.69, 9.17) is 4.84 Å². The summed E-state index contributed by atoms with van der Waals surface area (Å²) in [5.74, 6) is 0. The van der Waals surface area contributed by atoms with Gasteiger partial charge in [0.05, 0.1) is 24.9 Å². The summed E-state index contributed by atoms with van der Waals surface area (Å²) in [6.45, 7) is 1.73. The summed E-state index contributed by atoms with van der Waals surface area (Å²) >= 11 is 0. The van der Waals surface area contributed by atoms with E-state index >= 15 is 0 Å². The highest BCUT2D eigenvalue weighted by Gasteiger charge is 2.31. The van der Waals surface area contributed by atoms with Crippen molar-refractivity contribution in [1.29, 1.82) is 0 Å². The number of rotatable bonds is 6. The lowest BCUT2D eigenvalue weighted by molar-refractivity contribution is -0.182. The van der Waals surface area contributed by atoms with E-state index in [2.05, 4.69) is 68.4 Å². The Morgan fingerprint density at radius 3 is 2.85 bits per heavy atom. The van der Waals surface area contributed by atoms with Crippen LogP contribution in [0.15, 0.2) is 60.9 Å². The molecule has 1 aliphatic heterocycles. The summed E-state index contributed by atoms with van der Waals surface area (Å²) in [4.78, 5) is 5.82. The number of hydrogen-bond donors (Lipinski definition) is 1. The van der Waals surface area contributed by atoms with Crippen molar-refractivity contribution in [3.05, 3.63) is 72.1 Å². The number of benzene rings is 2. The van der Waals surface area contributed by atoms with Crippen molar-refractivity contribution in [2.75, 3.05) is 13.7 Å². The van der Waals surface area contributed by atoms with Gasteiger partial charge in [-0.3, -0.25) is 0 Å². The summed E-state index contributed by atoms with van der Waals surface area (Å²) in [7, 11) is 1.75. The van der Waals surface area contributed by atoms with Gasteiger partial charge < -0.3 is 10.2 Å². The van der Waals surface area contributed by atoms with Gasteiger partial charge in [0.25, 0.3) is 0 Å². The molecule has 140 valence electrons. The number of aromatic nitrogens is 4. The predicted molar refractivity (Wildman–Crippen MR) is 102 cm³/mol. The largest absolute Gasteiger partial charge is 0.309 e. The van der Waals surface area contributed by atoms with E-state index in [0.717, 1.165) is 30.6 Å². The second-order valence-electron chi connectivity index (χ2n) is 6.73. The molecule has 0 saturated carbocycles. The van der Waals surface area contributed by atoms with Gasteiger partial charge in [-0.2, -0.15) is 5.06 Å². The lowest BCUT2D eigenvalue weighted by Gasteiger charge is -2.39. The molecule has 27 heavy (non-hydrogen) atoms. The first kappa shape index (κ1) is 17.8. The third kappa shape index (κ3) is 4.05. The molecule has 1 aliphatic rings. The van der Waals surface area contributed by atoms with Crippen LogP contribution in [0.1, 0.15) is 30.0 Å². The van der Waals surface area contributed by atoms with Crippen molar-refractivity contribution in [3.63, 3.8) is 0 Å². The minimum Gasteiger partial charge on any atom is -0.309 e. The van der Waals surface area contributed by atoms with Crippen LogP contribution in [-0.2, 0) is 11.4 Å². The van der Waals surface area contributed by atoms with Crippen molar-refractivity contribution < 1.29 is 4.84 Å². The summed E-state index contributed by atoms with van der Waals surface area (Å²) in [5, 5.41) is 17.1. The van der Waals surface area contributed by atoms with E-state index in [0.29, 0.717) is 6.54 Å². The lowest BCUT2D eigenvalue weighted by atomic mass is 9.92. The maximum absolute atomic E-state index is 5.82. The van der Waals surface area contributed by atoms with Crippen molar-refractivity contribution in [3.8, 4) is 5.69 Å². The molecule has 0 amide bonds. The van der Waals surface area contributed by atoms with Gasteiger partial charge in [-0.1, -0.05) is 42.5 Å². The van der Waals surface area contributed by atoms with Gasteiger partial charge in [0.1, 0.15) is 6.33 Å². The second-order valence-corrected chi connectivity index (χ2v) is 6.73. The molecule has 3 aromatic rings. The topological polar surface area (TPSA) is 68.1 Å². The van der Waals surface area contributed by atoms with Gasteiger partial charge in [0.2, 0.25) is 0 Å². The first-order valence-electron chi connectivity index (χ1n) is 9.26. The minimum absolute atomic E-state index is 0.252. The lowest BCUT2D eigenvalue weighted by Crippen LogP contribution is -2.47. The van der Waals surface area contributed by atoms with Gasteiger partial charge in [0.15, 0.2) is 0 Å². The van der Waals surface area contributed by atoms with Crippen LogP contribution in [0.25, 0.3) is 5.69 Å². The van der Waals surface area contributed by atoms with E-state index in [-0.39, 0.29) is 12.1 Å². The van der Waals surface area contributed by atoms with Crippen LogP contribution in [0, 0.1) is 0 Å². The molecule has 0 aliphatic carbocycles. The van der Waals surface area contributed by atoms with Crippen LogP contribution in [0.2, 0.25) is 0 Å². The summed E-state index contributed by atoms with van der Waals surface area (Å²) in [5.41, 5.74) is 3.39.